The predicted octanol–water partition coefficient (Wildman–Crippen LogP) is 3.53. The van der Waals surface area contributed by atoms with E-state index < -0.39 is 5.97 Å². The second kappa shape index (κ2) is 8.25. The highest BCUT2D eigenvalue weighted by atomic mass is 16.4. The topological polar surface area (TPSA) is 74.0 Å². The number of benzene rings is 2. The summed E-state index contributed by atoms with van der Waals surface area (Å²) >= 11 is 0. The molecule has 0 spiro atoms. The summed E-state index contributed by atoms with van der Waals surface area (Å²) in [6.07, 6.45) is 1.86. The number of carbonyl (C=O) groups is 2. The Morgan fingerprint density at radius 2 is 1.90 bits per heavy atom. The van der Waals surface area contributed by atoms with E-state index in [2.05, 4.69) is 12.1 Å². The van der Waals surface area contributed by atoms with Gasteiger partial charge >= 0.3 is 5.97 Å². The van der Waals surface area contributed by atoms with Crippen LogP contribution in [0.4, 0.5) is 0 Å². The van der Waals surface area contributed by atoms with E-state index in [-0.39, 0.29) is 24.9 Å². The summed E-state index contributed by atoms with van der Waals surface area (Å²) in [6.45, 7) is 4.05. The number of amides is 1. The van der Waals surface area contributed by atoms with E-state index in [0.29, 0.717) is 25.4 Å². The molecule has 1 amide bonds. The second-order valence-electron chi connectivity index (χ2n) is 7.66. The van der Waals surface area contributed by atoms with E-state index in [1.807, 2.05) is 47.1 Å². The van der Waals surface area contributed by atoms with Gasteiger partial charge in [-0.2, -0.15) is 0 Å². The number of aliphatic carboxylic acids is 1. The van der Waals surface area contributed by atoms with Gasteiger partial charge < -0.3 is 14.4 Å². The van der Waals surface area contributed by atoms with Crippen LogP contribution >= 0.6 is 0 Å². The number of fused-ring (bicyclic) bond motifs is 3. The van der Waals surface area contributed by atoms with E-state index in [4.69, 9.17) is 9.52 Å². The van der Waals surface area contributed by atoms with E-state index >= 15 is 0 Å². The minimum Gasteiger partial charge on any atom is -0.480 e. The van der Waals surface area contributed by atoms with Crippen LogP contribution in [-0.4, -0.2) is 59.0 Å². The zero-order chi connectivity index (χ0) is 20.4. The van der Waals surface area contributed by atoms with Gasteiger partial charge in [0.25, 0.3) is 0 Å². The number of hydrogen-bond donors (Lipinski definition) is 1. The van der Waals surface area contributed by atoms with Crippen LogP contribution in [0.3, 0.4) is 0 Å². The average molecular weight is 394 g/mol. The molecule has 0 unspecified atom stereocenters. The van der Waals surface area contributed by atoms with Crippen LogP contribution in [0.1, 0.15) is 25.5 Å². The van der Waals surface area contributed by atoms with Crippen LogP contribution in [-0.2, 0) is 16.0 Å². The van der Waals surface area contributed by atoms with Crippen LogP contribution in [0.15, 0.2) is 46.9 Å². The molecule has 0 aliphatic carbocycles. The number of hydrogen-bond acceptors (Lipinski definition) is 4. The van der Waals surface area contributed by atoms with E-state index in [9.17, 15) is 9.59 Å². The number of carboxylic acid groups (broad SMARTS) is 1. The number of likely N-dealkylation sites (N-methyl/N-ethyl adjacent to an activating group) is 1. The van der Waals surface area contributed by atoms with Crippen molar-refractivity contribution in [1.82, 2.24) is 9.80 Å². The van der Waals surface area contributed by atoms with Crippen molar-refractivity contribution in [3.63, 3.8) is 0 Å². The summed E-state index contributed by atoms with van der Waals surface area (Å²) in [4.78, 5) is 27.7. The maximum Gasteiger partial charge on any atom is 0.317 e. The molecule has 4 rings (SSSR count). The van der Waals surface area contributed by atoms with Gasteiger partial charge in [-0.25, -0.2) is 0 Å². The number of carboxylic acids is 1. The first-order chi connectivity index (χ1) is 14.0. The van der Waals surface area contributed by atoms with Crippen molar-refractivity contribution in [3.8, 4) is 0 Å². The van der Waals surface area contributed by atoms with Crippen molar-refractivity contribution in [2.24, 2.45) is 0 Å². The van der Waals surface area contributed by atoms with Crippen LogP contribution in [0.5, 0.6) is 0 Å². The molecule has 0 saturated carbocycles. The first-order valence-corrected chi connectivity index (χ1v) is 10.2. The molecule has 1 saturated heterocycles. The molecule has 2 aromatic carbocycles. The van der Waals surface area contributed by atoms with Gasteiger partial charge in [0.05, 0.1) is 13.0 Å². The molecular formula is C23H26N2O4. The van der Waals surface area contributed by atoms with Crippen molar-refractivity contribution in [3.05, 3.63) is 48.2 Å². The third-order valence-electron chi connectivity index (χ3n) is 5.88. The normalized spacial score (nSPS) is 15.4. The zero-order valence-electron chi connectivity index (χ0n) is 16.6. The SMILES string of the molecule is CCN(CC(=O)O)C1CCN(C(=O)Cc2cc3c(ccc4ccccc43)o2)CC1. The fraction of sp³-hybridized carbons (Fsp3) is 0.391. The lowest BCUT2D eigenvalue weighted by molar-refractivity contribution is -0.140. The number of furan rings is 1. The third-order valence-corrected chi connectivity index (χ3v) is 5.88. The number of carbonyl (C=O) groups excluding carboxylic acids is 1. The fourth-order valence-electron chi connectivity index (χ4n) is 4.35. The lowest BCUT2D eigenvalue weighted by Crippen LogP contribution is -2.48. The summed E-state index contributed by atoms with van der Waals surface area (Å²) in [6, 6.07) is 14.4. The molecule has 2 heterocycles. The molecule has 0 bridgehead atoms. The molecule has 1 aliphatic heterocycles. The van der Waals surface area contributed by atoms with Crippen LogP contribution < -0.4 is 0 Å². The molecule has 1 fully saturated rings. The molecule has 0 atom stereocenters. The van der Waals surface area contributed by atoms with Crippen molar-refractivity contribution in [1.29, 1.82) is 0 Å². The van der Waals surface area contributed by atoms with Gasteiger partial charge in [0.1, 0.15) is 11.3 Å². The maximum absolute atomic E-state index is 12.8. The third kappa shape index (κ3) is 4.12. The lowest BCUT2D eigenvalue weighted by atomic mass is 10.0. The fourth-order valence-corrected chi connectivity index (χ4v) is 4.35. The Kier molecular flexibility index (Phi) is 5.53. The van der Waals surface area contributed by atoms with Crippen molar-refractivity contribution in [2.75, 3.05) is 26.2 Å². The number of piperidine rings is 1. The molecule has 1 N–H and O–H groups in total. The van der Waals surface area contributed by atoms with Gasteiger partial charge in [0, 0.05) is 24.5 Å². The first-order valence-electron chi connectivity index (χ1n) is 10.2. The monoisotopic (exact) mass is 394 g/mol. The van der Waals surface area contributed by atoms with Gasteiger partial charge in [-0.1, -0.05) is 37.3 Å². The zero-order valence-corrected chi connectivity index (χ0v) is 16.6. The summed E-state index contributed by atoms with van der Waals surface area (Å²) in [5.41, 5.74) is 0.803. The summed E-state index contributed by atoms with van der Waals surface area (Å²) < 4.78 is 5.94. The first kappa shape index (κ1) is 19.5. The highest BCUT2D eigenvalue weighted by Gasteiger charge is 2.27. The highest BCUT2D eigenvalue weighted by molar-refractivity contribution is 6.06. The van der Waals surface area contributed by atoms with Crippen molar-refractivity contribution < 1.29 is 19.1 Å². The summed E-state index contributed by atoms with van der Waals surface area (Å²) in [5, 5.41) is 12.4. The molecule has 0 radical (unpaired) electrons. The van der Waals surface area contributed by atoms with E-state index in [1.165, 1.54) is 0 Å². The van der Waals surface area contributed by atoms with Gasteiger partial charge in [-0.15, -0.1) is 0 Å². The molecule has 152 valence electrons. The number of likely N-dealkylation sites (tertiary alicyclic amines) is 1. The Morgan fingerprint density at radius 1 is 1.14 bits per heavy atom. The minimum absolute atomic E-state index is 0.0576. The largest absolute Gasteiger partial charge is 0.480 e. The van der Waals surface area contributed by atoms with Gasteiger partial charge in [-0.05, 0) is 42.3 Å². The molecule has 3 aromatic rings. The quantitative estimate of drug-likeness (QED) is 0.692. The Balaban J connectivity index is 1.41. The number of nitrogens with zero attached hydrogens (tertiary/aromatic N) is 2. The second-order valence-corrected chi connectivity index (χ2v) is 7.66. The van der Waals surface area contributed by atoms with Crippen molar-refractivity contribution in [2.45, 2.75) is 32.2 Å². The Hall–Kier alpha value is -2.86. The molecule has 29 heavy (non-hydrogen) atoms. The minimum atomic E-state index is -0.803. The van der Waals surface area contributed by atoms with Gasteiger partial charge in [-0.3, -0.25) is 14.5 Å². The summed E-state index contributed by atoms with van der Waals surface area (Å²) in [5.74, 6) is -0.0552. The van der Waals surface area contributed by atoms with Crippen LogP contribution in [0.25, 0.3) is 21.7 Å². The van der Waals surface area contributed by atoms with Crippen molar-refractivity contribution >= 4 is 33.6 Å². The summed E-state index contributed by atoms with van der Waals surface area (Å²) in [7, 11) is 0. The Bertz CT molecular complexity index is 1030. The molecule has 1 aromatic heterocycles. The molecule has 1 aliphatic rings. The molecule has 6 heteroatoms. The Morgan fingerprint density at radius 3 is 2.62 bits per heavy atom. The number of rotatable bonds is 6. The van der Waals surface area contributed by atoms with Gasteiger partial charge in [0.15, 0.2) is 0 Å². The van der Waals surface area contributed by atoms with Crippen LogP contribution in [0.2, 0.25) is 0 Å². The van der Waals surface area contributed by atoms with Gasteiger partial charge in [0.2, 0.25) is 5.91 Å². The standard InChI is InChI=1S/C23H26N2O4/c1-2-24(15-23(27)28)17-9-11-25(12-10-17)22(26)14-18-13-20-19-6-4-3-5-16(19)7-8-21(20)29-18/h3-8,13,17H,2,9-12,14-15H2,1H3,(H,27,28). The maximum atomic E-state index is 12.8. The predicted molar refractivity (Wildman–Crippen MR) is 112 cm³/mol. The highest BCUT2D eigenvalue weighted by Crippen LogP contribution is 2.28. The lowest BCUT2D eigenvalue weighted by Gasteiger charge is -2.37. The Labute approximate surface area is 169 Å². The average Bonchev–Trinajstić information content (AvgIpc) is 3.15. The molecular weight excluding hydrogens is 368 g/mol. The van der Waals surface area contributed by atoms with E-state index in [1.54, 1.807) is 0 Å². The van der Waals surface area contributed by atoms with E-state index in [0.717, 1.165) is 34.6 Å². The molecule has 6 nitrogen and oxygen atoms in total. The van der Waals surface area contributed by atoms with Crippen LogP contribution in [0, 0.1) is 0 Å². The smallest absolute Gasteiger partial charge is 0.317 e.